The van der Waals surface area contributed by atoms with Gasteiger partial charge in [0.25, 0.3) is 0 Å². The predicted octanol–water partition coefficient (Wildman–Crippen LogP) is 8.63. The van der Waals surface area contributed by atoms with Gasteiger partial charge in [0.15, 0.2) is 13.1 Å². The second-order valence-corrected chi connectivity index (χ2v) is 14.3. The van der Waals surface area contributed by atoms with Crippen molar-refractivity contribution >= 4 is 28.8 Å². The number of benzene rings is 2. The van der Waals surface area contributed by atoms with Gasteiger partial charge in [-0.2, -0.15) is 0 Å². The second kappa shape index (κ2) is 11.6. The standard InChI is InChI=1S/C38H48N3S/c1-7-40-32-18-11-9-16-30(32)37(3,4)34(40)22-20-28-14-13-15-29(36(28)39-24-26-42-27-25-39)21-23-35-38(5,6)31-17-10-12-19-33(31)41(35)8-2/h9-12,16-23H,7-8,13-15,24-27H2,1-6H3/q+1. The van der Waals surface area contributed by atoms with Gasteiger partial charge in [0, 0.05) is 57.8 Å². The van der Waals surface area contributed by atoms with Crippen LogP contribution in [0.3, 0.4) is 0 Å². The monoisotopic (exact) mass is 578 g/mol. The molecule has 0 radical (unpaired) electrons. The molecule has 1 saturated heterocycles. The second-order valence-electron chi connectivity index (χ2n) is 13.1. The predicted molar refractivity (Wildman–Crippen MR) is 183 cm³/mol. The topological polar surface area (TPSA) is 9.49 Å². The molecule has 0 N–H and O–H groups in total. The third kappa shape index (κ3) is 4.90. The highest BCUT2D eigenvalue weighted by Crippen LogP contribution is 2.48. The summed E-state index contributed by atoms with van der Waals surface area (Å²) in [6.45, 7) is 18.3. The van der Waals surface area contributed by atoms with Crippen LogP contribution in [-0.2, 0) is 10.8 Å². The maximum absolute atomic E-state index is 2.70. The van der Waals surface area contributed by atoms with Crippen LogP contribution < -0.4 is 9.80 Å². The molecule has 3 aliphatic heterocycles. The first-order valence-electron chi connectivity index (χ1n) is 16.1. The van der Waals surface area contributed by atoms with E-state index in [9.17, 15) is 0 Å². The van der Waals surface area contributed by atoms with Crippen LogP contribution in [0.5, 0.6) is 0 Å². The van der Waals surface area contributed by atoms with E-state index in [-0.39, 0.29) is 10.8 Å². The van der Waals surface area contributed by atoms with Gasteiger partial charge in [-0.25, -0.2) is 4.58 Å². The van der Waals surface area contributed by atoms with Crippen LogP contribution in [0.4, 0.5) is 11.4 Å². The summed E-state index contributed by atoms with van der Waals surface area (Å²) in [4.78, 5) is 5.04. The smallest absolute Gasteiger partial charge is 0.206 e. The quantitative estimate of drug-likeness (QED) is 0.336. The zero-order chi connectivity index (χ0) is 29.5. The molecule has 4 heteroatoms. The first-order valence-corrected chi connectivity index (χ1v) is 17.2. The summed E-state index contributed by atoms with van der Waals surface area (Å²) < 4.78 is 2.70. The van der Waals surface area contributed by atoms with E-state index >= 15 is 0 Å². The Morgan fingerprint density at radius 2 is 1.14 bits per heavy atom. The highest BCUT2D eigenvalue weighted by Gasteiger charge is 2.40. The zero-order valence-corrected chi connectivity index (χ0v) is 27.4. The molecular weight excluding hydrogens is 531 g/mol. The molecule has 2 fully saturated rings. The van der Waals surface area contributed by atoms with Crippen LogP contribution in [0, 0.1) is 0 Å². The van der Waals surface area contributed by atoms with Crippen molar-refractivity contribution in [3.8, 4) is 0 Å². The Bertz CT molecular complexity index is 1410. The van der Waals surface area contributed by atoms with Gasteiger partial charge in [-0.3, -0.25) is 0 Å². The average Bonchev–Trinajstić information content (AvgIpc) is 3.37. The van der Waals surface area contributed by atoms with Crippen molar-refractivity contribution in [2.45, 2.75) is 71.6 Å². The molecule has 3 nitrogen and oxygen atoms in total. The maximum Gasteiger partial charge on any atom is 0.206 e. The Morgan fingerprint density at radius 1 is 0.690 bits per heavy atom. The van der Waals surface area contributed by atoms with Crippen molar-refractivity contribution in [2.75, 3.05) is 47.5 Å². The van der Waals surface area contributed by atoms with E-state index in [0.29, 0.717) is 0 Å². The van der Waals surface area contributed by atoms with Gasteiger partial charge in [0.05, 0.1) is 11.5 Å². The third-order valence-electron chi connectivity index (χ3n) is 9.94. The molecular formula is C38H48N3S+. The minimum absolute atomic E-state index is 0.00395. The number of para-hydroxylation sites is 2. The fourth-order valence-electron chi connectivity index (χ4n) is 7.75. The fourth-order valence-corrected chi connectivity index (χ4v) is 8.66. The molecule has 2 aromatic carbocycles. The van der Waals surface area contributed by atoms with Crippen molar-refractivity contribution in [2.24, 2.45) is 0 Å². The van der Waals surface area contributed by atoms with E-state index in [4.69, 9.17) is 0 Å². The van der Waals surface area contributed by atoms with Crippen LogP contribution in [0.25, 0.3) is 0 Å². The maximum atomic E-state index is 2.70. The number of thioether (sulfide) groups is 1. The first-order chi connectivity index (χ1) is 20.3. The van der Waals surface area contributed by atoms with Crippen LogP contribution in [-0.4, -0.2) is 48.0 Å². The summed E-state index contributed by atoms with van der Waals surface area (Å²) in [6.07, 6.45) is 13.4. The Kier molecular flexibility index (Phi) is 8.04. The lowest BCUT2D eigenvalue weighted by molar-refractivity contribution is -0.520. The van der Waals surface area contributed by atoms with Crippen molar-refractivity contribution in [3.63, 3.8) is 0 Å². The van der Waals surface area contributed by atoms with E-state index in [2.05, 4.69) is 141 Å². The largest absolute Gasteiger partial charge is 0.344 e. The highest BCUT2D eigenvalue weighted by atomic mass is 32.2. The molecule has 4 aliphatic rings. The van der Waals surface area contributed by atoms with Gasteiger partial charge in [-0.1, -0.05) is 76.2 Å². The average molecular weight is 579 g/mol. The van der Waals surface area contributed by atoms with Crippen LogP contribution in [0.1, 0.15) is 71.9 Å². The van der Waals surface area contributed by atoms with Crippen LogP contribution in [0.2, 0.25) is 0 Å². The Morgan fingerprint density at radius 3 is 1.60 bits per heavy atom. The SMILES string of the molecule is CCN1/C(=C\C=C2\CCC/C(=C\C=C3\N(CC)c4ccccc4C3(C)C)C2=[N+]2CCSCC2)C(C)(C)c2ccccc21. The van der Waals surface area contributed by atoms with Crippen LogP contribution in [0.15, 0.2) is 95.4 Å². The van der Waals surface area contributed by atoms with Crippen molar-refractivity contribution in [3.05, 3.63) is 107 Å². The van der Waals surface area contributed by atoms with Crippen molar-refractivity contribution in [1.82, 2.24) is 0 Å². The van der Waals surface area contributed by atoms with E-state index in [0.717, 1.165) is 39.0 Å². The molecule has 0 unspecified atom stereocenters. The minimum atomic E-state index is -0.00395. The summed E-state index contributed by atoms with van der Waals surface area (Å²) in [5, 5.41) is 0. The number of rotatable bonds is 4. The number of anilines is 2. The Hall–Kier alpha value is -2.98. The molecule has 42 heavy (non-hydrogen) atoms. The minimum Gasteiger partial charge on any atom is -0.344 e. The Labute approximate surface area is 258 Å². The summed E-state index contributed by atoms with van der Waals surface area (Å²) >= 11 is 2.09. The summed E-state index contributed by atoms with van der Waals surface area (Å²) in [7, 11) is 0. The molecule has 0 spiro atoms. The molecule has 3 heterocycles. The lowest BCUT2D eigenvalue weighted by atomic mass is 9.82. The molecule has 0 bridgehead atoms. The third-order valence-corrected chi connectivity index (χ3v) is 10.9. The van der Waals surface area contributed by atoms with Crippen molar-refractivity contribution < 1.29 is 4.58 Å². The number of hydrogen-bond donors (Lipinski definition) is 0. The normalized spacial score (nSPS) is 25.2. The molecule has 0 atom stereocenters. The van der Waals surface area contributed by atoms with Gasteiger partial charge < -0.3 is 9.80 Å². The Balaban J connectivity index is 1.42. The fraction of sp³-hybridized carbons (Fsp3) is 0.447. The summed E-state index contributed by atoms with van der Waals surface area (Å²) in [6, 6.07) is 17.9. The van der Waals surface area contributed by atoms with Crippen LogP contribution >= 0.6 is 11.8 Å². The number of hydrogen-bond acceptors (Lipinski definition) is 3. The lowest BCUT2D eigenvalue weighted by Gasteiger charge is -2.27. The van der Waals surface area contributed by atoms with E-state index in [1.165, 1.54) is 68.7 Å². The van der Waals surface area contributed by atoms with E-state index in [1.807, 2.05) is 0 Å². The lowest BCUT2D eigenvalue weighted by Crippen LogP contribution is -2.33. The van der Waals surface area contributed by atoms with Gasteiger partial charge in [-0.05, 0) is 68.5 Å². The summed E-state index contributed by atoms with van der Waals surface area (Å²) in [5.41, 5.74) is 12.9. The van der Waals surface area contributed by atoms with Crippen molar-refractivity contribution in [1.29, 1.82) is 0 Å². The molecule has 6 rings (SSSR count). The number of allylic oxidation sites excluding steroid dienone is 8. The zero-order valence-electron chi connectivity index (χ0n) is 26.5. The summed E-state index contributed by atoms with van der Waals surface area (Å²) in [5.74, 6) is 2.42. The van der Waals surface area contributed by atoms with Gasteiger partial charge >= 0.3 is 0 Å². The molecule has 1 aliphatic carbocycles. The van der Waals surface area contributed by atoms with E-state index < -0.39 is 0 Å². The number of fused-ring (bicyclic) bond motifs is 2. The highest BCUT2D eigenvalue weighted by molar-refractivity contribution is 7.99. The molecule has 2 aromatic rings. The first kappa shape index (κ1) is 29.1. The van der Waals surface area contributed by atoms with Gasteiger partial charge in [0.1, 0.15) is 0 Å². The van der Waals surface area contributed by atoms with E-state index in [1.54, 1.807) is 0 Å². The molecule has 0 aromatic heterocycles. The molecule has 0 amide bonds. The van der Waals surface area contributed by atoms with Gasteiger partial charge in [-0.15, -0.1) is 11.8 Å². The number of nitrogens with zero attached hydrogens (tertiary/aromatic N) is 3. The molecule has 220 valence electrons. The van der Waals surface area contributed by atoms with Gasteiger partial charge in [0.2, 0.25) is 5.71 Å². The number of likely N-dealkylation sites (N-methyl/N-ethyl adjacent to an activating group) is 2. The molecule has 1 saturated carbocycles.